The van der Waals surface area contributed by atoms with Gasteiger partial charge in [-0.05, 0) is 12.3 Å². The van der Waals surface area contributed by atoms with Crippen molar-refractivity contribution in [1.29, 1.82) is 0 Å². The first-order chi connectivity index (χ1) is 7.83. The normalized spacial score (nSPS) is 28.1. The summed E-state index contributed by atoms with van der Waals surface area (Å²) in [5, 5.41) is 11.0. The number of hydrogen-bond donors (Lipinski definition) is 3. The Hall–Kier alpha value is -1.63. The van der Waals surface area contributed by atoms with Crippen molar-refractivity contribution in [2.75, 3.05) is 7.11 Å². The summed E-state index contributed by atoms with van der Waals surface area (Å²) in [5.41, 5.74) is 4.37. The lowest BCUT2D eigenvalue weighted by molar-refractivity contribution is -0.147. The van der Waals surface area contributed by atoms with E-state index in [1.165, 1.54) is 7.11 Å². The average molecular weight is 244 g/mol. The van der Waals surface area contributed by atoms with Crippen LogP contribution in [0.3, 0.4) is 0 Å². The number of methoxy groups -OCH3 is 1. The zero-order chi connectivity index (χ0) is 13.2. The van der Waals surface area contributed by atoms with E-state index in [2.05, 4.69) is 10.1 Å². The van der Waals surface area contributed by atoms with Gasteiger partial charge in [-0.2, -0.15) is 0 Å². The predicted octanol–water partition coefficient (Wildman–Crippen LogP) is -1.14. The minimum atomic E-state index is -1.16. The zero-order valence-corrected chi connectivity index (χ0v) is 9.73. The van der Waals surface area contributed by atoms with E-state index >= 15 is 0 Å². The summed E-state index contributed by atoms with van der Waals surface area (Å²) in [5.74, 6) is -2.37. The number of rotatable bonds is 5. The molecule has 0 heterocycles. The summed E-state index contributed by atoms with van der Waals surface area (Å²) < 4.78 is 4.60. The Balaban J connectivity index is 2.61. The third kappa shape index (κ3) is 2.73. The maximum Gasteiger partial charge on any atom is 0.331 e. The molecule has 1 aliphatic carbocycles. The third-order valence-corrected chi connectivity index (χ3v) is 2.94. The Morgan fingerprint density at radius 2 is 2.12 bits per heavy atom. The summed E-state index contributed by atoms with van der Waals surface area (Å²) in [4.78, 5) is 33.5. The van der Waals surface area contributed by atoms with Gasteiger partial charge in [0, 0.05) is 0 Å². The van der Waals surface area contributed by atoms with Crippen molar-refractivity contribution >= 4 is 17.8 Å². The van der Waals surface area contributed by atoms with Crippen LogP contribution in [0.25, 0.3) is 0 Å². The Morgan fingerprint density at radius 1 is 1.59 bits per heavy atom. The number of carboxylic acids is 1. The van der Waals surface area contributed by atoms with Crippen molar-refractivity contribution in [3.05, 3.63) is 0 Å². The number of amides is 1. The highest BCUT2D eigenvalue weighted by Gasteiger charge is 2.60. The highest BCUT2D eigenvalue weighted by atomic mass is 16.5. The molecule has 0 aromatic carbocycles. The summed E-state index contributed by atoms with van der Waals surface area (Å²) >= 11 is 0. The van der Waals surface area contributed by atoms with Crippen LogP contribution in [-0.2, 0) is 19.1 Å². The van der Waals surface area contributed by atoms with Crippen molar-refractivity contribution in [2.45, 2.75) is 31.3 Å². The van der Waals surface area contributed by atoms with E-state index in [0.29, 0.717) is 6.42 Å². The van der Waals surface area contributed by atoms with Gasteiger partial charge < -0.3 is 20.9 Å². The third-order valence-electron chi connectivity index (χ3n) is 2.94. The van der Waals surface area contributed by atoms with Gasteiger partial charge in [0.1, 0.15) is 5.54 Å². The van der Waals surface area contributed by atoms with E-state index in [9.17, 15) is 14.4 Å². The lowest BCUT2D eigenvalue weighted by Gasteiger charge is -2.18. The molecule has 0 unspecified atom stereocenters. The Morgan fingerprint density at radius 3 is 2.47 bits per heavy atom. The maximum absolute atomic E-state index is 11.6. The largest absolute Gasteiger partial charge is 0.481 e. The van der Waals surface area contributed by atoms with E-state index in [-0.39, 0.29) is 5.92 Å². The van der Waals surface area contributed by atoms with Crippen molar-refractivity contribution in [3.8, 4) is 0 Å². The molecule has 0 bridgehead atoms. The second kappa shape index (κ2) is 4.70. The molecule has 0 radical (unpaired) electrons. The molecule has 17 heavy (non-hydrogen) atoms. The van der Waals surface area contributed by atoms with Gasteiger partial charge in [-0.1, -0.05) is 6.92 Å². The van der Waals surface area contributed by atoms with Gasteiger partial charge in [-0.3, -0.25) is 9.59 Å². The van der Waals surface area contributed by atoms with Crippen molar-refractivity contribution in [3.63, 3.8) is 0 Å². The van der Waals surface area contributed by atoms with Gasteiger partial charge in [-0.15, -0.1) is 0 Å². The quantitative estimate of drug-likeness (QED) is 0.526. The fourth-order valence-electron chi connectivity index (χ4n) is 1.71. The molecule has 0 aromatic rings. The van der Waals surface area contributed by atoms with Gasteiger partial charge in [0.2, 0.25) is 5.91 Å². The van der Waals surface area contributed by atoms with Gasteiger partial charge in [0.25, 0.3) is 0 Å². The molecule has 96 valence electrons. The molecule has 1 aliphatic rings. The standard InChI is InChI=1S/C10H16N2O5/c1-5-4-10(5,9(16)17-2)12-8(15)6(11)3-7(13)14/h5-6H,3-4,11H2,1-2H3,(H,12,15)(H,13,14)/t5-,6-,10-/m0/s1. The highest BCUT2D eigenvalue weighted by Crippen LogP contribution is 2.43. The fourth-order valence-corrected chi connectivity index (χ4v) is 1.71. The van der Waals surface area contributed by atoms with Crippen LogP contribution in [-0.4, -0.2) is 41.6 Å². The summed E-state index contributed by atoms with van der Waals surface area (Å²) in [6.45, 7) is 1.79. The van der Waals surface area contributed by atoms with E-state index in [4.69, 9.17) is 10.8 Å². The Kier molecular flexibility index (Phi) is 3.72. The van der Waals surface area contributed by atoms with E-state index < -0.39 is 35.8 Å². The van der Waals surface area contributed by atoms with Crippen LogP contribution in [0.5, 0.6) is 0 Å². The number of hydrogen-bond acceptors (Lipinski definition) is 5. The molecule has 1 amide bonds. The van der Waals surface area contributed by atoms with Crippen molar-refractivity contribution < 1.29 is 24.2 Å². The number of nitrogens with one attached hydrogen (secondary N) is 1. The van der Waals surface area contributed by atoms with E-state index in [1.54, 1.807) is 6.92 Å². The number of nitrogens with two attached hydrogens (primary N) is 1. The van der Waals surface area contributed by atoms with Gasteiger partial charge in [0.05, 0.1) is 19.6 Å². The molecule has 7 heteroatoms. The lowest BCUT2D eigenvalue weighted by Crippen LogP contribution is -2.52. The van der Waals surface area contributed by atoms with Crippen LogP contribution in [0.15, 0.2) is 0 Å². The molecular weight excluding hydrogens is 228 g/mol. The molecule has 7 nitrogen and oxygen atoms in total. The number of carbonyl (C=O) groups excluding carboxylic acids is 2. The van der Waals surface area contributed by atoms with E-state index in [1.807, 2.05) is 0 Å². The molecule has 1 fully saturated rings. The number of ether oxygens (including phenoxy) is 1. The second-order valence-electron chi connectivity index (χ2n) is 4.26. The topological polar surface area (TPSA) is 119 Å². The van der Waals surface area contributed by atoms with Crippen LogP contribution in [0.4, 0.5) is 0 Å². The van der Waals surface area contributed by atoms with Crippen LogP contribution in [0.2, 0.25) is 0 Å². The maximum atomic E-state index is 11.6. The first-order valence-electron chi connectivity index (χ1n) is 5.21. The molecule has 0 aromatic heterocycles. The molecule has 0 spiro atoms. The minimum absolute atomic E-state index is 0.0315. The second-order valence-corrected chi connectivity index (χ2v) is 4.26. The average Bonchev–Trinajstić information content (AvgIpc) is 2.88. The molecule has 0 saturated heterocycles. The number of carboxylic acid groups (broad SMARTS) is 1. The lowest BCUT2D eigenvalue weighted by atomic mass is 10.1. The zero-order valence-electron chi connectivity index (χ0n) is 9.73. The van der Waals surface area contributed by atoms with Gasteiger partial charge >= 0.3 is 11.9 Å². The smallest absolute Gasteiger partial charge is 0.331 e. The fraction of sp³-hybridized carbons (Fsp3) is 0.700. The van der Waals surface area contributed by atoms with E-state index in [0.717, 1.165) is 0 Å². The van der Waals surface area contributed by atoms with Crippen LogP contribution in [0, 0.1) is 5.92 Å². The van der Waals surface area contributed by atoms with Crippen LogP contribution in [0.1, 0.15) is 19.8 Å². The molecule has 0 aliphatic heterocycles. The monoisotopic (exact) mass is 244 g/mol. The predicted molar refractivity (Wildman–Crippen MR) is 56.9 cm³/mol. The van der Waals surface area contributed by atoms with Gasteiger partial charge in [-0.25, -0.2) is 4.79 Å². The Labute approximate surface area is 98.3 Å². The first kappa shape index (κ1) is 13.4. The SMILES string of the molecule is COC(=O)[C@]1(NC(=O)[C@@H](N)CC(=O)O)C[C@@H]1C. The molecule has 1 rings (SSSR count). The highest BCUT2D eigenvalue weighted by molar-refractivity contribution is 5.94. The van der Waals surface area contributed by atoms with Crippen LogP contribution < -0.4 is 11.1 Å². The molecule has 3 atom stereocenters. The number of aliphatic carboxylic acids is 1. The number of esters is 1. The minimum Gasteiger partial charge on any atom is -0.481 e. The van der Waals surface area contributed by atoms with Crippen molar-refractivity contribution in [1.82, 2.24) is 5.32 Å². The van der Waals surface area contributed by atoms with Crippen molar-refractivity contribution in [2.24, 2.45) is 11.7 Å². The first-order valence-corrected chi connectivity index (χ1v) is 5.21. The van der Waals surface area contributed by atoms with Crippen LogP contribution >= 0.6 is 0 Å². The Bertz CT molecular complexity index is 357. The summed E-state index contributed by atoms with van der Waals surface area (Å²) in [7, 11) is 1.23. The molecule has 4 N–H and O–H groups in total. The molecule has 1 saturated carbocycles. The summed E-state index contributed by atoms with van der Waals surface area (Å²) in [6, 6.07) is -1.16. The number of carbonyl (C=O) groups is 3. The summed E-state index contributed by atoms with van der Waals surface area (Å²) in [6.07, 6.45) is 0.00265. The van der Waals surface area contributed by atoms with Gasteiger partial charge in [0.15, 0.2) is 0 Å². The molecular formula is C10H16N2O5.